The lowest BCUT2D eigenvalue weighted by atomic mass is 10.0. The van der Waals surface area contributed by atoms with Crippen LogP contribution < -0.4 is 10.6 Å². The largest absolute Gasteiger partial charge is 0.509 e. The number of rotatable bonds is 5. The van der Waals surface area contributed by atoms with Gasteiger partial charge in [-0.1, -0.05) is 13.8 Å². The Balaban J connectivity index is 1.73. The molecule has 2 amide bonds. The van der Waals surface area contributed by atoms with Crippen molar-refractivity contribution in [3.63, 3.8) is 0 Å². The average Bonchev–Trinajstić information content (AvgIpc) is 3.17. The first-order valence-electron chi connectivity index (χ1n) is 8.11. The minimum absolute atomic E-state index is 0.190. The molecule has 0 saturated heterocycles. The summed E-state index contributed by atoms with van der Waals surface area (Å²) in [6, 6.07) is 8.34. The van der Waals surface area contributed by atoms with E-state index < -0.39 is 17.9 Å². The highest BCUT2D eigenvalue weighted by Crippen LogP contribution is 2.22. The van der Waals surface area contributed by atoms with Crippen LogP contribution in [0.5, 0.6) is 0 Å². The molecule has 25 heavy (non-hydrogen) atoms. The van der Waals surface area contributed by atoms with Crippen LogP contribution >= 0.6 is 0 Å². The summed E-state index contributed by atoms with van der Waals surface area (Å²) in [4.78, 5) is 24.4. The van der Waals surface area contributed by atoms with Gasteiger partial charge < -0.3 is 15.7 Å². The van der Waals surface area contributed by atoms with Gasteiger partial charge in [-0.25, -0.2) is 4.68 Å². The number of nitrogens with zero attached hydrogens (tertiary/aromatic N) is 2. The fourth-order valence-corrected chi connectivity index (χ4v) is 2.76. The third-order valence-electron chi connectivity index (χ3n) is 3.95. The van der Waals surface area contributed by atoms with Crippen molar-refractivity contribution in [3.8, 4) is 5.69 Å². The molecule has 2 heterocycles. The van der Waals surface area contributed by atoms with E-state index in [1.54, 1.807) is 35.1 Å². The molecular weight excluding hydrogens is 320 g/mol. The molecule has 1 aromatic heterocycles. The summed E-state index contributed by atoms with van der Waals surface area (Å²) in [5, 5.41) is 19.6. The monoisotopic (exact) mass is 340 g/mol. The molecule has 0 bridgehead atoms. The Hall–Kier alpha value is -3.09. The van der Waals surface area contributed by atoms with E-state index in [0.29, 0.717) is 12.1 Å². The Morgan fingerprint density at radius 3 is 2.68 bits per heavy atom. The lowest BCUT2D eigenvalue weighted by Gasteiger charge is -2.12. The second-order valence-corrected chi connectivity index (χ2v) is 6.37. The van der Waals surface area contributed by atoms with E-state index in [2.05, 4.69) is 15.7 Å². The number of amides is 2. The molecule has 0 radical (unpaired) electrons. The highest BCUT2D eigenvalue weighted by atomic mass is 16.3. The van der Waals surface area contributed by atoms with Crippen LogP contribution in [0.15, 0.2) is 54.1 Å². The van der Waals surface area contributed by atoms with E-state index in [-0.39, 0.29) is 17.3 Å². The normalized spacial score (nSPS) is 17.1. The van der Waals surface area contributed by atoms with Crippen molar-refractivity contribution in [1.82, 2.24) is 15.1 Å². The summed E-state index contributed by atoms with van der Waals surface area (Å²) in [5.41, 5.74) is 1.16. The highest BCUT2D eigenvalue weighted by Gasteiger charge is 2.36. The maximum absolute atomic E-state index is 12.4. The van der Waals surface area contributed by atoms with Crippen molar-refractivity contribution in [2.24, 2.45) is 5.92 Å². The summed E-state index contributed by atoms with van der Waals surface area (Å²) in [5.74, 6) is -1.07. The number of nitrogens with one attached hydrogen (secondary N) is 2. The van der Waals surface area contributed by atoms with Gasteiger partial charge in [-0.2, -0.15) is 5.10 Å². The predicted molar refractivity (Wildman–Crippen MR) is 93.2 cm³/mol. The van der Waals surface area contributed by atoms with Crippen LogP contribution in [0.2, 0.25) is 0 Å². The van der Waals surface area contributed by atoms with Crippen LogP contribution in [-0.4, -0.2) is 32.7 Å². The van der Waals surface area contributed by atoms with Crippen LogP contribution in [0.25, 0.3) is 5.69 Å². The Bertz CT molecular complexity index is 807. The summed E-state index contributed by atoms with van der Waals surface area (Å²) in [7, 11) is 0. The van der Waals surface area contributed by atoms with Gasteiger partial charge in [0.25, 0.3) is 11.8 Å². The van der Waals surface area contributed by atoms with Crippen LogP contribution in [0.4, 0.5) is 5.69 Å². The predicted octanol–water partition coefficient (Wildman–Crippen LogP) is 2.17. The number of aliphatic hydroxyl groups is 1. The molecule has 3 rings (SSSR count). The molecule has 0 spiro atoms. The summed E-state index contributed by atoms with van der Waals surface area (Å²) in [6.07, 6.45) is 4.07. The van der Waals surface area contributed by atoms with Crippen molar-refractivity contribution in [3.05, 3.63) is 54.1 Å². The van der Waals surface area contributed by atoms with E-state index in [1.165, 1.54) is 0 Å². The average molecular weight is 340 g/mol. The van der Waals surface area contributed by atoms with Gasteiger partial charge in [0.2, 0.25) is 0 Å². The number of hydrogen-bond acceptors (Lipinski definition) is 4. The van der Waals surface area contributed by atoms with Crippen molar-refractivity contribution in [1.29, 1.82) is 0 Å². The van der Waals surface area contributed by atoms with Crippen LogP contribution in [-0.2, 0) is 9.59 Å². The SMILES string of the molecule is CC(C)CC1NC(=O)C(C(=O)Nc2ccc(-n3cccn3)cc2)=C1O. The lowest BCUT2D eigenvalue weighted by Crippen LogP contribution is -2.31. The van der Waals surface area contributed by atoms with Gasteiger partial charge in [-0.3, -0.25) is 9.59 Å². The third-order valence-corrected chi connectivity index (χ3v) is 3.95. The number of aliphatic hydroxyl groups excluding tert-OH is 1. The molecule has 7 heteroatoms. The van der Waals surface area contributed by atoms with Gasteiger partial charge in [0.05, 0.1) is 11.7 Å². The maximum atomic E-state index is 12.4. The molecule has 130 valence electrons. The van der Waals surface area contributed by atoms with E-state index in [0.717, 1.165) is 5.69 Å². The van der Waals surface area contributed by atoms with Crippen molar-refractivity contribution in [2.75, 3.05) is 5.32 Å². The summed E-state index contributed by atoms with van der Waals surface area (Å²) in [6.45, 7) is 3.97. The lowest BCUT2D eigenvalue weighted by molar-refractivity contribution is -0.120. The summed E-state index contributed by atoms with van der Waals surface area (Å²) < 4.78 is 1.70. The molecule has 1 aromatic carbocycles. The number of carbonyl (C=O) groups is 2. The zero-order chi connectivity index (χ0) is 18.0. The minimum atomic E-state index is -0.618. The number of benzene rings is 1. The first-order chi connectivity index (χ1) is 12.0. The molecule has 3 N–H and O–H groups in total. The molecule has 0 fully saturated rings. The first kappa shape index (κ1) is 16.8. The third kappa shape index (κ3) is 3.55. The maximum Gasteiger partial charge on any atom is 0.264 e. The first-order valence-corrected chi connectivity index (χ1v) is 8.11. The molecule has 0 saturated carbocycles. The molecule has 1 atom stereocenters. The zero-order valence-electron chi connectivity index (χ0n) is 14.1. The topological polar surface area (TPSA) is 96.3 Å². The molecule has 1 aliphatic rings. The zero-order valence-corrected chi connectivity index (χ0v) is 14.1. The van der Waals surface area contributed by atoms with Crippen molar-refractivity contribution >= 4 is 17.5 Å². The standard InChI is InChI=1S/C18H20N4O3/c1-11(2)10-14-16(23)15(18(25)21-14)17(24)20-12-4-6-13(7-5-12)22-9-3-8-19-22/h3-9,11,14,23H,10H2,1-2H3,(H,20,24)(H,21,25). The van der Waals surface area contributed by atoms with E-state index in [4.69, 9.17) is 0 Å². The van der Waals surface area contributed by atoms with Gasteiger partial charge in [-0.15, -0.1) is 0 Å². The number of anilines is 1. The number of hydrogen-bond donors (Lipinski definition) is 3. The summed E-state index contributed by atoms with van der Waals surface area (Å²) >= 11 is 0. The molecule has 1 aliphatic heterocycles. The molecule has 7 nitrogen and oxygen atoms in total. The fraction of sp³-hybridized carbons (Fsp3) is 0.278. The smallest absolute Gasteiger partial charge is 0.264 e. The van der Waals surface area contributed by atoms with Crippen molar-refractivity contribution in [2.45, 2.75) is 26.3 Å². The van der Waals surface area contributed by atoms with Gasteiger partial charge in [0.15, 0.2) is 0 Å². The number of aromatic nitrogens is 2. The Morgan fingerprint density at radius 1 is 1.36 bits per heavy atom. The molecular formula is C18H20N4O3. The second kappa shape index (κ2) is 6.80. The number of carbonyl (C=O) groups excluding carboxylic acids is 2. The van der Waals surface area contributed by atoms with Gasteiger partial charge >= 0.3 is 0 Å². The van der Waals surface area contributed by atoms with E-state index in [1.807, 2.05) is 26.1 Å². The minimum Gasteiger partial charge on any atom is -0.509 e. The van der Waals surface area contributed by atoms with E-state index >= 15 is 0 Å². The Labute approximate surface area is 145 Å². The second-order valence-electron chi connectivity index (χ2n) is 6.37. The molecule has 1 unspecified atom stereocenters. The van der Waals surface area contributed by atoms with Gasteiger partial charge in [0.1, 0.15) is 11.3 Å². The highest BCUT2D eigenvalue weighted by molar-refractivity contribution is 6.24. The quantitative estimate of drug-likeness (QED) is 0.727. The van der Waals surface area contributed by atoms with E-state index in [9.17, 15) is 14.7 Å². The Kier molecular flexibility index (Phi) is 4.56. The fourth-order valence-electron chi connectivity index (χ4n) is 2.76. The molecule has 0 aliphatic carbocycles. The van der Waals surface area contributed by atoms with Crippen molar-refractivity contribution < 1.29 is 14.7 Å². The Morgan fingerprint density at radius 2 is 2.08 bits per heavy atom. The molecule has 2 aromatic rings. The van der Waals surface area contributed by atoms with Crippen LogP contribution in [0.1, 0.15) is 20.3 Å². The van der Waals surface area contributed by atoms with Gasteiger partial charge in [0, 0.05) is 18.1 Å². The van der Waals surface area contributed by atoms with Crippen LogP contribution in [0.3, 0.4) is 0 Å². The van der Waals surface area contributed by atoms with Gasteiger partial charge in [-0.05, 0) is 42.7 Å². The van der Waals surface area contributed by atoms with Crippen LogP contribution in [0, 0.1) is 5.92 Å².